The molecule has 0 amide bonds. The first-order valence-corrected chi connectivity index (χ1v) is 10.7. The lowest BCUT2D eigenvalue weighted by Crippen LogP contribution is -2.64. The standard InChI is InChI=1S/C14H27N7O5Si/c1-10-6-21(7-11(9-22)26-10)8-12-17-13(19-14(18-12)20-15)16-4-3-5-27(23,24)25-2/h10-11,22H,3-9,15H2,1-2H3,(H2,16,17,18,19,20)/q-2/i22D. The average molecular weight is 403 g/mol. The number of hydrogen-bond donors (Lipinski definition) is 4. The van der Waals surface area contributed by atoms with Gasteiger partial charge >= 0.3 is 0 Å². The zero-order valence-corrected chi connectivity index (χ0v) is 16.5. The lowest BCUT2D eigenvalue weighted by atomic mass is 10.2. The van der Waals surface area contributed by atoms with E-state index in [2.05, 4.69) is 40.1 Å². The van der Waals surface area contributed by atoms with E-state index < -0.39 is 8.80 Å². The highest BCUT2D eigenvalue weighted by Gasteiger charge is 2.25. The highest BCUT2D eigenvalue weighted by molar-refractivity contribution is 6.53. The van der Waals surface area contributed by atoms with Crippen molar-refractivity contribution in [3.05, 3.63) is 5.82 Å². The summed E-state index contributed by atoms with van der Waals surface area (Å²) in [5.74, 6) is 6.44. The van der Waals surface area contributed by atoms with Crippen LogP contribution in [0.1, 0.15) is 19.2 Å². The monoisotopic (exact) mass is 402 g/mol. The summed E-state index contributed by atoms with van der Waals surface area (Å²) in [6.07, 6.45) is 0.150. The van der Waals surface area contributed by atoms with Crippen molar-refractivity contribution in [2.24, 2.45) is 5.84 Å². The van der Waals surface area contributed by atoms with Crippen LogP contribution >= 0.6 is 0 Å². The Labute approximate surface area is 160 Å². The number of nitrogens with zero attached hydrogens (tertiary/aromatic N) is 4. The van der Waals surface area contributed by atoms with Gasteiger partial charge in [0.25, 0.3) is 0 Å². The van der Waals surface area contributed by atoms with Crippen molar-refractivity contribution < 1.29 is 23.9 Å². The maximum absolute atomic E-state index is 11.4. The van der Waals surface area contributed by atoms with Crippen LogP contribution in [0.5, 0.6) is 0 Å². The summed E-state index contributed by atoms with van der Waals surface area (Å²) >= 11 is 0. The third kappa shape index (κ3) is 7.23. The van der Waals surface area contributed by atoms with Crippen molar-refractivity contribution in [1.29, 1.82) is 1.43 Å². The van der Waals surface area contributed by atoms with Crippen LogP contribution in [0.25, 0.3) is 0 Å². The Bertz CT molecular complexity index is 617. The topological polar surface area (TPSA) is 177 Å². The zero-order valence-electron chi connectivity index (χ0n) is 16.5. The van der Waals surface area contributed by atoms with E-state index in [9.17, 15) is 9.59 Å². The Balaban J connectivity index is 1.96. The molecule has 0 aliphatic carbocycles. The van der Waals surface area contributed by atoms with Gasteiger partial charge in [0.05, 0.1) is 25.4 Å². The van der Waals surface area contributed by atoms with Crippen molar-refractivity contribution in [3.63, 3.8) is 0 Å². The molecule has 1 aromatic heterocycles. The molecule has 2 heterocycles. The van der Waals surface area contributed by atoms with Crippen molar-refractivity contribution in [3.8, 4) is 0 Å². The number of nitrogens with two attached hydrogens (primary N) is 1. The molecule has 1 saturated heterocycles. The molecule has 1 aliphatic heterocycles. The number of nitrogens with one attached hydrogen (secondary N) is 2. The maximum atomic E-state index is 11.4. The van der Waals surface area contributed by atoms with Crippen molar-refractivity contribution in [2.45, 2.75) is 38.1 Å². The Morgan fingerprint density at radius 2 is 2.19 bits per heavy atom. The van der Waals surface area contributed by atoms with Gasteiger partial charge < -0.3 is 29.2 Å². The molecule has 0 saturated carbocycles. The molecular weight excluding hydrogens is 374 g/mol. The number of ether oxygens (including phenoxy) is 1. The van der Waals surface area contributed by atoms with Crippen LogP contribution in [0.3, 0.4) is 0 Å². The molecule has 12 nitrogen and oxygen atoms in total. The number of rotatable bonds is 11. The number of anilines is 2. The van der Waals surface area contributed by atoms with Gasteiger partial charge in [0.1, 0.15) is 5.82 Å². The Morgan fingerprint density at radius 1 is 1.41 bits per heavy atom. The highest BCUT2D eigenvalue weighted by Crippen LogP contribution is 2.14. The maximum Gasteiger partial charge on any atom is 0.242 e. The predicted octanol–water partition coefficient (Wildman–Crippen LogP) is -3.15. The fourth-order valence-corrected chi connectivity index (χ4v) is 3.62. The summed E-state index contributed by atoms with van der Waals surface area (Å²) in [4.78, 5) is 37.6. The van der Waals surface area contributed by atoms with Crippen molar-refractivity contribution in [2.75, 3.05) is 44.1 Å². The molecule has 1 fully saturated rings. The second-order valence-corrected chi connectivity index (χ2v) is 8.66. The summed E-state index contributed by atoms with van der Waals surface area (Å²) in [6.45, 7) is 4.20. The average Bonchev–Trinajstić information content (AvgIpc) is 2.65. The van der Waals surface area contributed by atoms with E-state index in [4.69, 9.17) is 12.0 Å². The van der Waals surface area contributed by atoms with Gasteiger partial charge in [0.2, 0.25) is 13.3 Å². The van der Waals surface area contributed by atoms with E-state index in [0.29, 0.717) is 44.4 Å². The zero-order chi connectivity index (χ0) is 20.6. The number of aromatic nitrogens is 3. The molecule has 1 aromatic rings. The van der Waals surface area contributed by atoms with Crippen LogP contribution in [-0.4, -0.2) is 80.8 Å². The van der Waals surface area contributed by atoms with Gasteiger partial charge in [-0.25, -0.2) is 5.84 Å². The minimum Gasteiger partial charge on any atom is -0.849 e. The van der Waals surface area contributed by atoms with Crippen molar-refractivity contribution in [1.82, 2.24) is 19.9 Å². The van der Waals surface area contributed by atoms with E-state index in [1.807, 2.05) is 6.92 Å². The third-order valence-corrected chi connectivity index (χ3v) is 5.61. The molecule has 2 rings (SSSR count). The molecule has 1 aliphatic rings. The van der Waals surface area contributed by atoms with E-state index >= 15 is 0 Å². The second-order valence-electron chi connectivity index (χ2n) is 6.39. The first kappa shape index (κ1) is 20.3. The summed E-state index contributed by atoms with van der Waals surface area (Å²) in [5, 5.41) is 7.42. The fraction of sp³-hybridized carbons (Fsp3) is 0.786. The molecule has 0 aromatic carbocycles. The number of hydrazine groups is 1. The molecule has 0 bridgehead atoms. The van der Waals surface area contributed by atoms with Crippen LogP contribution in [0, 0.1) is 0 Å². The van der Waals surface area contributed by atoms with Crippen LogP contribution in [0.4, 0.5) is 11.9 Å². The van der Waals surface area contributed by atoms with Gasteiger partial charge in [-0.1, -0.05) is 6.04 Å². The van der Waals surface area contributed by atoms with Gasteiger partial charge in [-0.05, 0) is 22.1 Å². The summed E-state index contributed by atoms with van der Waals surface area (Å²) in [5.41, 5.74) is 2.40. The van der Waals surface area contributed by atoms with Gasteiger partial charge in [-0.3, -0.25) is 10.3 Å². The number of nitrogen functional groups attached to an aromatic ring is 1. The molecule has 0 radical (unpaired) electrons. The van der Waals surface area contributed by atoms with E-state index in [1.165, 1.54) is 0 Å². The molecule has 5 N–H and O–H groups in total. The Kier molecular flexibility index (Phi) is 7.66. The summed E-state index contributed by atoms with van der Waals surface area (Å²) in [6, 6.07) is -0.0540. The molecule has 154 valence electrons. The third-order valence-electron chi connectivity index (χ3n) is 4.02. The van der Waals surface area contributed by atoms with Crippen LogP contribution in [-0.2, 0) is 15.7 Å². The van der Waals surface area contributed by atoms with Crippen LogP contribution in [0.15, 0.2) is 0 Å². The minimum absolute atomic E-state index is 0.00941. The fourth-order valence-electron chi connectivity index (χ4n) is 2.80. The first-order valence-electron chi connectivity index (χ1n) is 9.13. The number of aliphatic hydroxyl groups excluding tert-OH is 1. The van der Waals surface area contributed by atoms with E-state index in [1.54, 1.807) is 0 Å². The second kappa shape index (κ2) is 10.2. The van der Waals surface area contributed by atoms with Crippen LogP contribution in [0.2, 0.25) is 6.04 Å². The molecule has 0 spiro atoms. The Morgan fingerprint density at radius 3 is 2.89 bits per heavy atom. The molecule has 13 heteroatoms. The lowest BCUT2D eigenvalue weighted by molar-refractivity contribution is -0.404. The molecule has 2 atom stereocenters. The van der Waals surface area contributed by atoms with Crippen molar-refractivity contribution >= 4 is 20.7 Å². The quantitative estimate of drug-likeness (QED) is 0.127. The van der Waals surface area contributed by atoms with E-state index in [0.717, 1.165) is 7.11 Å². The van der Waals surface area contributed by atoms with Gasteiger partial charge in [-0.2, -0.15) is 15.0 Å². The normalized spacial score (nSPS) is 21.7. The lowest BCUT2D eigenvalue weighted by Gasteiger charge is -2.44. The number of hydrogen-bond acceptors (Lipinski definition) is 12. The minimum atomic E-state index is -4.06. The Hall–Kier alpha value is -1.45. The predicted molar refractivity (Wildman–Crippen MR) is 95.0 cm³/mol. The SMILES string of the molecule is [2H]OCC1CN(Cc2nc(NN)nc(NCCC[Si]([O-])([O-])OC)n2)CC(C)O1. The number of aliphatic hydroxyl groups is 1. The molecule has 27 heavy (non-hydrogen) atoms. The van der Waals surface area contributed by atoms with Gasteiger partial charge in [0.15, 0.2) is 0 Å². The smallest absolute Gasteiger partial charge is 0.242 e. The highest BCUT2D eigenvalue weighted by atomic mass is 28.4. The summed E-state index contributed by atoms with van der Waals surface area (Å²) < 4.78 is 17.1. The first-order chi connectivity index (χ1) is 13.3. The van der Waals surface area contributed by atoms with E-state index in [-0.39, 0.29) is 30.8 Å². The van der Waals surface area contributed by atoms with Gasteiger partial charge in [-0.15, -0.1) is 0 Å². The van der Waals surface area contributed by atoms with Gasteiger partial charge in [0, 0.05) is 26.7 Å². The largest absolute Gasteiger partial charge is 0.849 e. The molecular formula is C14H27N7O5Si-2. The summed E-state index contributed by atoms with van der Waals surface area (Å²) in [7, 11) is -2.90. The molecule has 2 unspecified atom stereocenters. The van der Waals surface area contributed by atoms with Crippen LogP contribution < -0.4 is 26.2 Å². The number of morpholine rings is 1.